The highest BCUT2D eigenvalue weighted by molar-refractivity contribution is 7.09. The molecule has 0 amide bonds. The molecule has 19 heavy (non-hydrogen) atoms. The summed E-state index contributed by atoms with van der Waals surface area (Å²) >= 11 is 1.81. The second-order valence-electron chi connectivity index (χ2n) is 6.31. The van der Waals surface area contributed by atoms with E-state index >= 15 is 0 Å². The molecule has 0 aromatic carbocycles. The third-order valence-electron chi connectivity index (χ3n) is 4.57. The van der Waals surface area contributed by atoms with Crippen molar-refractivity contribution in [2.24, 2.45) is 17.8 Å². The zero-order chi connectivity index (χ0) is 13.7. The van der Waals surface area contributed by atoms with Gasteiger partial charge in [0.1, 0.15) is 0 Å². The van der Waals surface area contributed by atoms with Gasteiger partial charge in [0.15, 0.2) is 0 Å². The average Bonchev–Trinajstić information content (AvgIpc) is 2.90. The highest BCUT2D eigenvalue weighted by Gasteiger charge is 2.31. The Morgan fingerprint density at radius 3 is 2.89 bits per heavy atom. The molecule has 0 bridgehead atoms. The Labute approximate surface area is 122 Å². The van der Waals surface area contributed by atoms with Crippen LogP contribution in [-0.2, 0) is 6.42 Å². The first-order chi connectivity index (χ1) is 9.20. The summed E-state index contributed by atoms with van der Waals surface area (Å²) in [4.78, 5) is 5.68. The molecule has 3 unspecified atom stereocenters. The minimum absolute atomic E-state index is 0.719. The maximum absolute atomic E-state index is 4.23. The Hall–Kier alpha value is -0.410. The summed E-state index contributed by atoms with van der Waals surface area (Å²) < 4.78 is 0. The van der Waals surface area contributed by atoms with E-state index in [1.165, 1.54) is 37.0 Å². The minimum atomic E-state index is 0.719. The number of hydrogen-bond donors (Lipinski definition) is 1. The molecule has 1 fully saturated rings. The van der Waals surface area contributed by atoms with Crippen molar-refractivity contribution in [3.05, 3.63) is 16.6 Å². The largest absolute Gasteiger partial charge is 0.314 e. The van der Waals surface area contributed by atoms with Crippen LogP contribution >= 0.6 is 11.3 Å². The molecule has 1 aromatic rings. The van der Waals surface area contributed by atoms with Crippen molar-refractivity contribution < 1.29 is 0 Å². The van der Waals surface area contributed by atoms with Crippen LogP contribution in [0.15, 0.2) is 11.7 Å². The van der Waals surface area contributed by atoms with Gasteiger partial charge in [-0.1, -0.05) is 20.8 Å². The van der Waals surface area contributed by atoms with Gasteiger partial charge in [-0.2, -0.15) is 0 Å². The van der Waals surface area contributed by atoms with Crippen LogP contribution in [0.25, 0.3) is 0 Å². The predicted octanol–water partition coefficient (Wildman–Crippen LogP) is 4.13. The highest BCUT2D eigenvalue weighted by Crippen LogP contribution is 2.36. The molecular formula is C16H28N2S. The summed E-state index contributed by atoms with van der Waals surface area (Å²) in [6, 6.07) is 0.719. The quantitative estimate of drug-likeness (QED) is 0.847. The van der Waals surface area contributed by atoms with Crippen molar-refractivity contribution in [1.82, 2.24) is 10.3 Å². The monoisotopic (exact) mass is 280 g/mol. The molecule has 0 aliphatic heterocycles. The van der Waals surface area contributed by atoms with Crippen molar-refractivity contribution in [3.8, 4) is 0 Å². The summed E-state index contributed by atoms with van der Waals surface area (Å²) in [5, 5.41) is 3.78. The van der Waals surface area contributed by atoms with Crippen LogP contribution in [0.3, 0.4) is 0 Å². The van der Waals surface area contributed by atoms with Gasteiger partial charge in [0, 0.05) is 17.1 Å². The van der Waals surface area contributed by atoms with Gasteiger partial charge >= 0.3 is 0 Å². The highest BCUT2D eigenvalue weighted by atomic mass is 32.1. The van der Waals surface area contributed by atoms with Crippen LogP contribution in [0.1, 0.15) is 51.3 Å². The lowest BCUT2D eigenvalue weighted by atomic mass is 9.72. The molecule has 1 aliphatic carbocycles. The van der Waals surface area contributed by atoms with E-state index in [4.69, 9.17) is 0 Å². The van der Waals surface area contributed by atoms with Crippen molar-refractivity contribution >= 4 is 11.3 Å². The van der Waals surface area contributed by atoms with Gasteiger partial charge in [-0.3, -0.25) is 4.98 Å². The van der Waals surface area contributed by atoms with E-state index in [1.54, 1.807) is 0 Å². The van der Waals surface area contributed by atoms with E-state index in [9.17, 15) is 0 Å². The van der Waals surface area contributed by atoms with Gasteiger partial charge in [-0.25, -0.2) is 0 Å². The van der Waals surface area contributed by atoms with Gasteiger partial charge in [0.25, 0.3) is 0 Å². The standard InChI is InChI=1S/C16H28N2S/c1-4-7-18-16-6-5-13(12(2)3)8-14(16)9-15-10-17-11-19-15/h10-14,16,18H,4-9H2,1-3H3. The third kappa shape index (κ3) is 4.28. The Kier molecular flexibility index (Phi) is 5.83. The zero-order valence-electron chi connectivity index (χ0n) is 12.6. The van der Waals surface area contributed by atoms with E-state index in [-0.39, 0.29) is 0 Å². The lowest BCUT2D eigenvalue weighted by Gasteiger charge is -2.38. The Bertz CT molecular complexity index is 348. The van der Waals surface area contributed by atoms with Crippen LogP contribution in [0.2, 0.25) is 0 Å². The topological polar surface area (TPSA) is 24.9 Å². The predicted molar refractivity (Wildman–Crippen MR) is 83.6 cm³/mol. The molecular weight excluding hydrogens is 252 g/mol. The van der Waals surface area contributed by atoms with Crippen molar-refractivity contribution in [3.63, 3.8) is 0 Å². The second-order valence-corrected chi connectivity index (χ2v) is 7.28. The summed E-state index contributed by atoms with van der Waals surface area (Å²) in [5.74, 6) is 2.54. The number of hydrogen-bond acceptors (Lipinski definition) is 3. The normalized spacial score (nSPS) is 27.9. The van der Waals surface area contributed by atoms with Gasteiger partial charge in [0.2, 0.25) is 0 Å². The first kappa shape index (κ1) is 15.0. The van der Waals surface area contributed by atoms with Gasteiger partial charge < -0.3 is 5.32 Å². The summed E-state index contributed by atoms with van der Waals surface area (Å²) in [6.45, 7) is 8.18. The van der Waals surface area contributed by atoms with E-state index in [0.29, 0.717) is 0 Å². The summed E-state index contributed by atoms with van der Waals surface area (Å²) in [6.07, 6.45) is 8.65. The summed E-state index contributed by atoms with van der Waals surface area (Å²) in [7, 11) is 0. The fourth-order valence-corrected chi connectivity index (χ4v) is 4.02. The lowest BCUT2D eigenvalue weighted by Crippen LogP contribution is -2.42. The molecule has 2 nitrogen and oxygen atoms in total. The van der Waals surface area contributed by atoms with Gasteiger partial charge in [0.05, 0.1) is 5.51 Å². The van der Waals surface area contributed by atoms with Crippen LogP contribution in [-0.4, -0.2) is 17.6 Å². The van der Waals surface area contributed by atoms with E-state index in [0.717, 1.165) is 30.3 Å². The molecule has 1 aromatic heterocycles. The second kappa shape index (κ2) is 7.39. The zero-order valence-corrected chi connectivity index (χ0v) is 13.4. The maximum atomic E-state index is 4.23. The number of nitrogens with one attached hydrogen (secondary N) is 1. The van der Waals surface area contributed by atoms with Crippen LogP contribution in [0, 0.1) is 17.8 Å². The average molecular weight is 280 g/mol. The number of thiazole rings is 1. The van der Waals surface area contributed by atoms with E-state index < -0.39 is 0 Å². The molecule has 0 radical (unpaired) electrons. The Balaban J connectivity index is 1.97. The van der Waals surface area contributed by atoms with Gasteiger partial charge in [-0.15, -0.1) is 11.3 Å². The van der Waals surface area contributed by atoms with Crippen molar-refractivity contribution in [2.45, 2.75) is 58.9 Å². The number of rotatable bonds is 6. The fraction of sp³-hybridized carbons (Fsp3) is 0.812. The molecule has 3 heteroatoms. The molecule has 108 valence electrons. The number of aromatic nitrogens is 1. The molecule has 2 rings (SSSR count). The first-order valence-electron chi connectivity index (χ1n) is 7.81. The molecule has 1 saturated carbocycles. The molecule has 1 aliphatic rings. The van der Waals surface area contributed by atoms with Crippen LogP contribution in [0.4, 0.5) is 0 Å². The maximum Gasteiger partial charge on any atom is 0.0794 e. The molecule has 0 saturated heterocycles. The molecule has 0 spiro atoms. The third-order valence-corrected chi connectivity index (χ3v) is 5.37. The number of nitrogens with zero attached hydrogens (tertiary/aromatic N) is 1. The smallest absolute Gasteiger partial charge is 0.0794 e. The SMILES string of the molecule is CCCNC1CCC(C(C)C)CC1Cc1cncs1. The summed E-state index contributed by atoms with van der Waals surface area (Å²) in [5.41, 5.74) is 1.96. The van der Waals surface area contributed by atoms with Crippen LogP contribution in [0.5, 0.6) is 0 Å². The van der Waals surface area contributed by atoms with Crippen LogP contribution < -0.4 is 5.32 Å². The minimum Gasteiger partial charge on any atom is -0.314 e. The molecule has 1 heterocycles. The Morgan fingerprint density at radius 1 is 1.42 bits per heavy atom. The van der Waals surface area contributed by atoms with Crippen molar-refractivity contribution in [2.75, 3.05) is 6.54 Å². The Morgan fingerprint density at radius 2 is 2.26 bits per heavy atom. The molecule has 1 N–H and O–H groups in total. The molecule has 3 atom stereocenters. The van der Waals surface area contributed by atoms with Crippen molar-refractivity contribution in [1.29, 1.82) is 0 Å². The van der Waals surface area contributed by atoms with E-state index in [1.807, 2.05) is 16.8 Å². The lowest BCUT2D eigenvalue weighted by molar-refractivity contribution is 0.168. The first-order valence-corrected chi connectivity index (χ1v) is 8.69. The van der Waals surface area contributed by atoms with E-state index in [2.05, 4.69) is 37.3 Å². The van der Waals surface area contributed by atoms with Gasteiger partial charge in [-0.05, 0) is 56.4 Å². The fourth-order valence-electron chi connectivity index (χ4n) is 3.33.